The molecule has 0 aliphatic carbocycles. The van der Waals surface area contributed by atoms with Gasteiger partial charge in [-0.2, -0.15) is 0 Å². The van der Waals surface area contributed by atoms with Gasteiger partial charge >= 0.3 is 12.1 Å². The Morgan fingerprint density at radius 3 is 2.56 bits per heavy atom. The number of halogens is 2. The van der Waals surface area contributed by atoms with Crippen molar-refractivity contribution in [3.8, 4) is 0 Å². The summed E-state index contributed by atoms with van der Waals surface area (Å²) in [5, 5.41) is 2.69. The monoisotopic (exact) mass is 436 g/mol. The first kappa shape index (κ1) is 21.6. The molecule has 1 amide bonds. The van der Waals surface area contributed by atoms with Crippen molar-refractivity contribution in [3.63, 3.8) is 0 Å². The lowest BCUT2D eigenvalue weighted by Crippen LogP contribution is -2.38. The largest absolute Gasteiger partial charge is 0.465 e. The van der Waals surface area contributed by atoms with Crippen molar-refractivity contribution < 1.29 is 23.5 Å². The molecule has 0 aliphatic heterocycles. The smallest absolute Gasteiger partial charge is 0.407 e. The fourth-order valence-electron chi connectivity index (χ4n) is 1.80. The van der Waals surface area contributed by atoms with Gasteiger partial charge in [0.1, 0.15) is 11.4 Å². The maximum Gasteiger partial charge on any atom is 0.407 e. The standard InChI is InChI=1S/C16H22BrFN2O4S/c1-8(20-15(22)24-16(2,3)4)7-25-13-11(17)10(18)6-9(12(13)19)14(21)23-5/h6,8H,7,19H2,1-5H3,(H,20,22)/t8-/m0/s1. The summed E-state index contributed by atoms with van der Waals surface area (Å²) in [6.07, 6.45) is -0.540. The number of benzene rings is 1. The molecule has 0 aromatic heterocycles. The van der Waals surface area contributed by atoms with Gasteiger partial charge in [-0.15, -0.1) is 11.8 Å². The van der Waals surface area contributed by atoms with E-state index in [0.717, 1.165) is 6.07 Å². The molecule has 0 saturated heterocycles. The van der Waals surface area contributed by atoms with Crippen LogP contribution in [0.4, 0.5) is 14.9 Å². The van der Waals surface area contributed by atoms with Crippen LogP contribution in [0.3, 0.4) is 0 Å². The molecule has 1 atom stereocenters. The molecule has 0 spiro atoms. The number of carbonyl (C=O) groups is 2. The number of rotatable bonds is 5. The second-order valence-corrected chi connectivity index (χ2v) is 8.14. The van der Waals surface area contributed by atoms with Gasteiger partial charge in [-0.1, -0.05) is 0 Å². The van der Waals surface area contributed by atoms with Gasteiger partial charge in [-0.05, 0) is 49.7 Å². The Labute approximate surface area is 159 Å². The number of nitrogens with one attached hydrogen (secondary N) is 1. The molecule has 6 nitrogen and oxygen atoms in total. The Balaban J connectivity index is 2.84. The van der Waals surface area contributed by atoms with Gasteiger partial charge in [0.05, 0.1) is 22.8 Å². The zero-order valence-corrected chi connectivity index (χ0v) is 17.1. The molecule has 1 aromatic carbocycles. The number of methoxy groups -OCH3 is 1. The van der Waals surface area contributed by atoms with Crippen LogP contribution in [-0.4, -0.2) is 36.6 Å². The third-order valence-electron chi connectivity index (χ3n) is 2.86. The third-order valence-corrected chi connectivity index (χ3v) is 5.28. The maximum absolute atomic E-state index is 14.0. The summed E-state index contributed by atoms with van der Waals surface area (Å²) in [5.74, 6) is -0.943. The van der Waals surface area contributed by atoms with Crippen LogP contribution in [-0.2, 0) is 9.47 Å². The van der Waals surface area contributed by atoms with Crippen LogP contribution in [0.25, 0.3) is 0 Å². The molecule has 25 heavy (non-hydrogen) atoms. The first-order valence-corrected chi connectivity index (χ1v) is 9.22. The minimum Gasteiger partial charge on any atom is -0.465 e. The van der Waals surface area contributed by atoms with Crippen LogP contribution >= 0.6 is 27.7 Å². The van der Waals surface area contributed by atoms with Crippen molar-refractivity contribution in [2.45, 2.75) is 44.2 Å². The van der Waals surface area contributed by atoms with Crippen LogP contribution in [0.2, 0.25) is 0 Å². The fourth-order valence-corrected chi connectivity index (χ4v) is 3.46. The van der Waals surface area contributed by atoms with E-state index in [2.05, 4.69) is 26.0 Å². The lowest BCUT2D eigenvalue weighted by molar-refractivity contribution is 0.0512. The SMILES string of the molecule is COC(=O)c1cc(F)c(Br)c(SC[C@H](C)NC(=O)OC(C)(C)C)c1N. The van der Waals surface area contributed by atoms with Crippen molar-refractivity contribution in [3.05, 3.63) is 21.9 Å². The van der Waals surface area contributed by atoms with E-state index in [1.54, 1.807) is 27.7 Å². The molecule has 1 rings (SSSR count). The van der Waals surface area contributed by atoms with Gasteiger partial charge in [0.15, 0.2) is 0 Å². The Morgan fingerprint density at radius 2 is 2.04 bits per heavy atom. The summed E-state index contributed by atoms with van der Waals surface area (Å²) < 4.78 is 24.0. The minimum absolute atomic E-state index is 0.0431. The number of nitrogen functional groups attached to an aromatic ring is 1. The summed E-state index contributed by atoms with van der Waals surface area (Å²) in [4.78, 5) is 23.8. The Bertz CT molecular complexity index is 665. The highest BCUT2D eigenvalue weighted by molar-refractivity contribution is 9.10. The lowest BCUT2D eigenvalue weighted by atomic mass is 10.2. The molecule has 1 aromatic rings. The van der Waals surface area contributed by atoms with E-state index < -0.39 is 23.5 Å². The zero-order chi connectivity index (χ0) is 19.4. The first-order chi connectivity index (χ1) is 11.5. The number of amides is 1. The zero-order valence-electron chi connectivity index (χ0n) is 14.7. The Kier molecular flexibility index (Phi) is 7.55. The molecule has 3 N–H and O–H groups in total. The number of hydrogen-bond acceptors (Lipinski definition) is 6. The van der Waals surface area contributed by atoms with E-state index in [1.807, 2.05) is 0 Å². The van der Waals surface area contributed by atoms with Gasteiger partial charge in [-0.25, -0.2) is 14.0 Å². The molecule has 0 unspecified atom stereocenters. The van der Waals surface area contributed by atoms with Crippen LogP contribution in [0, 0.1) is 5.82 Å². The molecule has 0 aliphatic rings. The van der Waals surface area contributed by atoms with Crippen LogP contribution in [0.1, 0.15) is 38.1 Å². The number of carbonyl (C=O) groups excluding carboxylic acids is 2. The highest BCUT2D eigenvalue weighted by atomic mass is 79.9. The number of thioether (sulfide) groups is 1. The predicted octanol–water partition coefficient (Wildman–Crippen LogP) is 3.96. The van der Waals surface area contributed by atoms with E-state index in [4.69, 9.17) is 10.5 Å². The summed E-state index contributed by atoms with van der Waals surface area (Å²) in [6, 6.07) is 0.758. The summed E-state index contributed by atoms with van der Waals surface area (Å²) in [6.45, 7) is 7.09. The quantitative estimate of drug-likeness (QED) is 0.412. The van der Waals surface area contributed by atoms with Crippen molar-refractivity contribution in [1.82, 2.24) is 5.32 Å². The Morgan fingerprint density at radius 1 is 1.44 bits per heavy atom. The minimum atomic E-state index is -0.717. The molecule has 0 radical (unpaired) electrons. The van der Waals surface area contributed by atoms with Crippen LogP contribution in [0.5, 0.6) is 0 Å². The predicted molar refractivity (Wildman–Crippen MR) is 99.4 cm³/mol. The summed E-state index contributed by atoms with van der Waals surface area (Å²) in [5.41, 5.74) is 5.45. The van der Waals surface area contributed by atoms with Gasteiger partial charge in [0.25, 0.3) is 0 Å². The molecule has 140 valence electrons. The van der Waals surface area contributed by atoms with Crippen LogP contribution < -0.4 is 11.1 Å². The number of alkyl carbamates (subject to hydrolysis) is 1. The van der Waals surface area contributed by atoms with Crippen molar-refractivity contribution >= 4 is 45.4 Å². The maximum atomic E-state index is 14.0. The van der Waals surface area contributed by atoms with Gasteiger partial charge in [0.2, 0.25) is 0 Å². The molecule has 0 fully saturated rings. The number of ether oxygens (including phenoxy) is 2. The fraction of sp³-hybridized carbons (Fsp3) is 0.500. The molecule has 9 heteroatoms. The molecule has 0 heterocycles. The van der Waals surface area contributed by atoms with Crippen molar-refractivity contribution in [2.24, 2.45) is 0 Å². The lowest BCUT2D eigenvalue weighted by Gasteiger charge is -2.22. The second kappa shape index (κ2) is 8.75. The first-order valence-electron chi connectivity index (χ1n) is 7.44. The van der Waals surface area contributed by atoms with Crippen molar-refractivity contribution in [1.29, 1.82) is 0 Å². The third kappa shape index (κ3) is 6.39. The number of hydrogen-bond donors (Lipinski definition) is 2. The highest BCUT2D eigenvalue weighted by Gasteiger charge is 2.22. The Hall–Kier alpha value is -1.48. The van der Waals surface area contributed by atoms with Gasteiger partial charge in [-0.3, -0.25) is 0 Å². The average Bonchev–Trinajstić information content (AvgIpc) is 2.48. The van der Waals surface area contributed by atoms with Crippen molar-refractivity contribution in [2.75, 3.05) is 18.6 Å². The molecular weight excluding hydrogens is 415 g/mol. The normalized spacial score (nSPS) is 12.4. The number of esters is 1. The van der Waals surface area contributed by atoms with E-state index >= 15 is 0 Å². The second-order valence-electron chi connectivity index (χ2n) is 6.31. The van der Waals surface area contributed by atoms with Gasteiger partial charge < -0.3 is 20.5 Å². The molecule has 0 saturated carbocycles. The van der Waals surface area contributed by atoms with E-state index in [-0.39, 0.29) is 21.8 Å². The molecular formula is C16H22BrFN2O4S. The number of anilines is 1. The average molecular weight is 437 g/mol. The van der Waals surface area contributed by atoms with E-state index in [9.17, 15) is 14.0 Å². The summed E-state index contributed by atoms with van der Waals surface area (Å²) >= 11 is 4.35. The van der Waals surface area contributed by atoms with Gasteiger partial charge in [0, 0.05) is 16.7 Å². The van der Waals surface area contributed by atoms with E-state index in [1.165, 1.54) is 18.9 Å². The topological polar surface area (TPSA) is 90.6 Å². The highest BCUT2D eigenvalue weighted by Crippen LogP contribution is 2.37. The molecule has 0 bridgehead atoms. The number of nitrogens with two attached hydrogens (primary N) is 1. The van der Waals surface area contributed by atoms with Crippen LogP contribution in [0.15, 0.2) is 15.4 Å². The van der Waals surface area contributed by atoms with E-state index in [0.29, 0.717) is 10.6 Å². The summed E-state index contributed by atoms with van der Waals surface area (Å²) in [7, 11) is 1.20.